The SMILES string of the molecule is Cc1[nH]n2ccc(=O)cc2c1C(=O)O. The number of aromatic amines is 1. The quantitative estimate of drug-likeness (QED) is 0.696. The van der Waals surface area contributed by atoms with Gasteiger partial charge in [0.15, 0.2) is 5.43 Å². The van der Waals surface area contributed by atoms with Crippen molar-refractivity contribution in [3.05, 3.63) is 39.8 Å². The number of nitrogens with one attached hydrogen (secondary N) is 1. The van der Waals surface area contributed by atoms with Gasteiger partial charge in [-0.15, -0.1) is 0 Å². The third-order valence-electron chi connectivity index (χ3n) is 2.06. The Hall–Kier alpha value is -2.04. The average Bonchev–Trinajstić information content (AvgIpc) is 2.40. The van der Waals surface area contributed by atoms with E-state index in [0.717, 1.165) is 0 Å². The molecule has 0 bridgehead atoms. The van der Waals surface area contributed by atoms with E-state index < -0.39 is 5.97 Å². The summed E-state index contributed by atoms with van der Waals surface area (Å²) in [5.41, 5.74) is 0.861. The highest BCUT2D eigenvalue weighted by Gasteiger charge is 2.14. The van der Waals surface area contributed by atoms with Crippen LogP contribution in [0, 0.1) is 6.92 Å². The Balaban J connectivity index is 2.93. The lowest BCUT2D eigenvalue weighted by Crippen LogP contribution is -2.02. The van der Waals surface area contributed by atoms with Gasteiger partial charge in [-0.2, -0.15) is 0 Å². The summed E-state index contributed by atoms with van der Waals surface area (Å²) in [7, 11) is 0. The zero-order valence-corrected chi connectivity index (χ0v) is 7.44. The molecule has 0 atom stereocenters. The first-order chi connectivity index (χ1) is 6.59. The molecule has 2 N–H and O–H groups in total. The van der Waals surface area contributed by atoms with E-state index in [9.17, 15) is 9.59 Å². The Bertz CT molecular complexity index is 565. The van der Waals surface area contributed by atoms with Crippen LogP contribution in [-0.2, 0) is 0 Å². The van der Waals surface area contributed by atoms with Gasteiger partial charge in [0.1, 0.15) is 5.56 Å². The molecule has 2 aromatic heterocycles. The fourth-order valence-corrected chi connectivity index (χ4v) is 1.47. The van der Waals surface area contributed by atoms with E-state index in [1.807, 2.05) is 0 Å². The Morgan fingerprint density at radius 3 is 2.93 bits per heavy atom. The maximum Gasteiger partial charge on any atom is 0.339 e. The van der Waals surface area contributed by atoms with Gasteiger partial charge < -0.3 is 5.11 Å². The monoisotopic (exact) mass is 192 g/mol. The number of aromatic nitrogens is 2. The summed E-state index contributed by atoms with van der Waals surface area (Å²) in [6.07, 6.45) is 1.51. The van der Waals surface area contributed by atoms with Gasteiger partial charge >= 0.3 is 5.97 Å². The number of carboxylic acids is 1. The summed E-state index contributed by atoms with van der Waals surface area (Å²) in [6.45, 7) is 1.65. The second kappa shape index (κ2) is 2.73. The molecule has 14 heavy (non-hydrogen) atoms. The van der Waals surface area contributed by atoms with E-state index in [-0.39, 0.29) is 11.0 Å². The van der Waals surface area contributed by atoms with Crippen LogP contribution in [0.2, 0.25) is 0 Å². The van der Waals surface area contributed by atoms with Crippen molar-refractivity contribution in [2.75, 3.05) is 0 Å². The van der Waals surface area contributed by atoms with Gasteiger partial charge in [-0.25, -0.2) is 4.79 Å². The molecule has 0 unspecified atom stereocenters. The summed E-state index contributed by atoms with van der Waals surface area (Å²) in [5, 5.41) is 11.7. The van der Waals surface area contributed by atoms with Gasteiger partial charge in [-0.3, -0.25) is 14.4 Å². The zero-order valence-electron chi connectivity index (χ0n) is 7.44. The molecule has 2 heterocycles. The minimum atomic E-state index is -1.04. The fourth-order valence-electron chi connectivity index (χ4n) is 1.47. The Morgan fingerprint density at radius 2 is 2.29 bits per heavy atom. The second-order valence-electron chi connectivity index (χ2n) is 3.03. The highest BCUT2D eigenvalue weighted by Crippen LogP contribution is 2.12. The van der Waals surface area contributed by atoms with E-state index in [1.54, 1.807) is 6.92 Å². The lowest BCUT2D eigenvalue weighted by molar-refractivity contribution is 0.0698. The van der Waals surface area contributed by atoms with Crippen LogP contribution >= 0.6 is 0 Å². The Labute approximate surface area is 78.6 Å². The molecule has 0 amide bonds. The largest absolute Gasteiger partial charge is 0.478 e. The van der Waals surface area contributed by atoms with Crippen molar-refractivity contribution >= 4 is 11.5 Å². The first-order valence-corrected chi connectivity index (χ1v) is 4.04. The van der Waals surface area contributed by atoms with Crippen LogP contribution < -0.4 is 5.43 Å². The molecule has 0 aliphatic carbocycles. The third kappa shape index (κ3) is 1.10. The summed E-state index contributed by atoms with van der Waals surface area (Å²) in [6, 6.07) is 2.67. The van der Waals surface area contributed by atoms with Crippen LogP contribution in [-0.4, -0.2) is 20.7 Å². The minimum absolute atomic E-state index is 0.141. The van der Waals surface area contributed by atoms with E-state index >= 15 is 0 Å². The molecular formula is C9H8N2O3. The molecule has 0 radical (unpaired) electrons. The molecule has 0 aliphatic heterocycles. The second-order valence-corrected chi connectivity index (χ2v) is 3.03. The number of H-pyrrole nitrogens is 1. The third-order valence-corrected chi connectivity index (χ3v) is 2.06. The molecule has 0 saturated carbocycles. The molecule has 0 saturated heterocycles. The summed E-state index contributed by atoms with van der Waals surface area (Å²) in [5.74, 6) is -1.04. The van der Waals surface area contributed by atoms with Crippen molar-refractivity contribution in [1.82, 2.24) is 9.61 Å². The van der Waals surface area contributed by atoms with Gasteiger partial charge in [0.2, 0.25) is 0 Å². The predicted molar refractivity (Wildman–Crippen MR) is 49.7 cm³/mol. The predicted octanol–water partition coefficient (Wildman–Crippen LogP) is 0.634. The molecule has 5 heteroatoms. The lowest BCUT2D eigenvalue weighted by Gasteiger charge is -1.92. The maximum absolute atomic E-state index is 11.0. The maximum atomic E-state index is 11.0. The van der Waals surface area contributed by atoms with Crippen LogP contribution in [0.1, 0.15) is 16.1 Å². The topological polar surface area (TPSA) is 74.6 Å². The highest BCUT2D eigenvalue weighted by molar-refractivity contribution is 5.96. The first-order valence-electron chi connectivity index (χ1n) is 4.04. The smallest absolute Gasteiger partial charge is 0.339 e. The van der Waals surface area contributed by atoms with Crippen LogP contribution in [0.3, 0.4) is 0 Å². The molecule has 72 valence electrons. The molecule has 0 aliphatic rings. The number of aromatic carboxylic acids is 1. The molecule has 0 spiro atoms. The van der Waals surface area contributed by atoms with Crippen LogP contribution in [0.15, 0.2) is 23.1 Å². The molecule has 0 fully saturated rings. The van der Waals surface area contributed by atoms with Crippen LogP contribution in [0.4, 0.5) is 0 Å². The number of rotatable bonds is 1. The lowest BCUT2D eigenvalue weighted by atomic mass is 10.2. The highest BCUT2D eigenvalue weighted by atomic mass is 16.4. The molecule has 2 aromatic rings. The summed E-state index contributed by atoms with van der Waals surface area (Å²) in [4.78, 5) is 21.9. The number of fused-ring (bicyclic) bond motifs is 1. The van der Waals surface area contributed by atoms with E-state index in [1.165, 1.54) is 22.8 Å². The van der Waals surface area contributed by atoms with Crippen LogP contribution in [0.5, 0.6) is 0 Å². The van der Waals surface area contributed by atoms with E-state index in [0.29, 0.717) is 11.2 Å². The van der Waals surface area contributed by atoms with Crippen molar-refractivity contribution in [3.63, 3.8) is 0 Å². The summed E-state index contributed by atoms with van der Waals surface area (Å²) < 4.78 is 1.51. The first kappa shape index (κ1) is 8.55. The number of pyridine rings is 1. The molecule has 2 rings (SSSR count). The number of carboxylic acid groups (broad SMARTS) is 1. The van der Waals surface area contributed by atoms with Gasteiger partial charge in [0, 0.05) is 24.0 Å². The van der Waals surface area contributed by atoms with Gasteiger partial charge in [-0.05, 0) is 6.92 Å². The molecule has 5 nitrogen and oxygen atoms in total. The number of hydrogen-bond donors (Lipinski definition) is 2. The normalized spacial score (nSPS) is 10.6. The van der Waals surface area contributed by atoms with Gasteiger partial charge in [0.05, 0.1) is 5.52 Å². The van der Waals surface area contributed by atoms with Crippen molar-refractivity contribution in [2.24, 2.45) is 0 Å². The number of aryl methyl sites for hydroxylation is 1. The molecule has 0 aromatic carbocycles. The Morgan fingerprint density at radius 1 is 1.57 bits per heavy atom. The van der Waals surface area contributed by atoms with Crippen molar-refractivity contribution < 1.29 is 9.90 Å². The minimum Gasteiger partial charge on any atom is -0.478 e. The Kier molecular flexibility index (Phi) is 1.67. The molecular weight excluding hydrogens is 184 g/mol. The van der Waals surface area contributed by atoms with Crippen molar-refractivity contribution in [2.45, 2.75) is 6.92 Å². The van der Waals surface area contributed by atoms with E-state index in [4.69, 9.17) is 5.11 Å². The van der Waals surface area contributed by atoms with Crippen molar-refractivity contribution in [3.8, 4) is 0 Å². The summed E-state index contributed by atoms with van der Waals surface area (Å²) >= 11 is 0. The average molecular weight is 192 g/mol. The van der Waals surface area contributed by atoms with Gasteiger partial charge in [0.25, 0.3) is 0 Å². The number of nitrogens with zero attached hydrogens (tertiary/aromatic N) is 1. The van der Waals surface area contributed by atoms with Crippen LogP contribution in [0.25, 0.3) is 5.52 Å². The number of hydrogen-bond acceptors (Lipinski definition) is 2. The fraction of sp³-hybridized carbons (Fsp3) is 0.111. The zero-order chi connectivity index (χ0) is 10.3. The van der Waals surface area contributed by atoms with Gasteiger partial charge in [-0.1, -0.05) is 0 Å². The standard InChI is InChI=1S/C9H8N2O3/c1-5-8(9(13)14)7-4-6(12)2-3-11(7)10-5/h2-4,10H,1H3,(H,13,14). The number of carbonyl (C=O) groups is 1. The van der Waals surface area contributed by atoms with Crippen molar-refractivity contribution in [1.29, 1.82) is 0 Å². The van der Waals surface area contributed by atoms with E-state index in [2.05, 4.69) is 5.10 Å².